The predicted molar refractivity (Wildman–Crippen MR) is 88.8 cm³/mol. The van der Waals surface area contributed by atoms with E-state index in [0.29, 0.717) is 12.0 Å². The number of ether oxygens (including phenoxy) is 1. The molecule has 0 saturated carbocycles. The molecule has 4 heteroatoms. The first-order valence-corrected chi connectivity index (χ1v) is 8.98. The standard InChI is InChI=1S/C17H35N3O/c1-4-9-18-17-8-11-21-14-15(17)12-19(3)13-16-7-6-10-20(16)5-2/h15-18H,4-14H2,1-3H3. The normalized spacial score (nSPS) is 31.1. The summed E-state index contributed by atoms with van der Waals surface area (Å²) in [6, 6.07) is 1.42. The molecule has 0 aromatic carbocycles. The lowest BCUT2D eigenvalue weighted by Gasteiger charge is -2.36. The van der Waals surface area contributed by atoms with E-state index in [0.717, 1.165) is 32.3 Å². The monoisotopic (exact) mass is 297 g/mol. The van der Waals surface area contributed by atoms with E-state index in [-0.39, 0.29) is 0 Å². The van der Waals surface area contributed by atoms with Crippen LogP contribution in [0.2, 0.25) is 0 Å². The van der Waals surface area contributed by atoms with Crippen molar-refractivity contribution < 1.29 is 4.74 Å². The molecule has 2 fully saturated rings. The maximum atomic E-state index is 5.73. The van der Waals surface area contributed by atoms with Gasteiger partial charge in [-0.2, -0.15) is 0 Å². The van der Waals surface area contributed by atoms with Gasteiger partial charge in [-0.1, -0.05) is 13.8 Å². The Balaban J connectivity index is 1.78. The maximum Gasteiger partial charge on any atom is 0.0521 e. The smallest absolute Gasteiger partial charge is 0.0521 e. The van der Waals surface area contributed by atoms with Gasteiger partial charge in [0, 0.05) is 37.7 Å². The molecule has 0 spiro atoms. The number of rotatable bonds is 8. The molecule has 21 heavy (non-hydrogen) atoms. The molecule has 2 aliphatic rings. The fraction of sp³-hybridized carbons (Fsp3) is 1.00. The molecule has 3 unspecified atom stereocenters. The third kappa shape index (κ3) is 5.20. The molecule has 2 heterocycles. The summed E-state index contributed by atoms with van der Waals surface area (Å²) >= 11 is 0. The Morgan fingerprint density at radius 2 is 2.10 bits per heavy atom. The molecule has 1 N–H and O–H groups in total. The second-order valence-corrected chi connectivity index (χ2v) is 6.83. The lowest BCUT2D eigenvalue weighted by molar-refractivity contribution is 0.0174. The second kappa shape index (κ2) is 9.09. The Morgan fingerprint density at radius 3 is 2.86 bits per heavy atom. The molecule has 0 radical (unpaired) electrons. The molecule has 124 valence electrons. The van der Waals surface area contributed by atoms with E-state index in [4.69, 9.17) is 4.74 Å². The average molecular weight is 297 g/mol. The summed E-state index contributed by atoms with van der Waals surface area (Å²) in [4.78, 5) is 5.18. The van der Waals surface area contributed by atoms with Gasteiger partial charge in [0.2, 0.25) is 0 Å². The second-order valence-electron chi connectivity index (χ2n) is 6.83. The van der Waals surface area contributed by atoms with Gasteiger partial charge in [0.15, 0.2) is 0 Å². The van der Waals surface area contributed by atoms with Crippen molar-refractivity contribution in [2.45, 2.75) is 51.6 Å². The van der Waals surface area contributed by atoms with Gasteiger partial charge in [-0.15, -0.1) is 0 Å². The Labute approximate surface area is 131 Å². The number of hydrogen-bond acceptors (Lipinski definition) is 4. The number of likely N-dealkylation sites (tertiary alicyclic amines) is 1. The van der Waals surface area contributed by atoms with E-state index in [1.165, 1.54) is 45.3 Å². The third-order valence-corrected chi connectivity index (χ3v) is 5.10. The van der Waals surface area contributed by atoms with Crippen LogP contribution >= 0.6 is 0 Å². The maximum absolute atomic E-state index is 5.73. The largest absolute Gasteiger partial charge is 0.381 e. The van der Waals surface area contributed by atoms with E-state index in [1.54, 1.807) is 0 Å². The predicted octanol–water partition coefficient (Wildman–Crippen LogP) is 1.81. The van der Waals surface area contributed by atoms with E-state index in [2.05, 4.69) is 36.0 Å². The summed E-state index contributed by atoms with van der Waals surface area (Å²) in [5.74, 6) is 0.645. The number of nitrogens with one attached hydrogen (secondary N) is 1. The van der Waals surface area contributed by atoms with Crippen LogP contribution in [-0.4, -0.2) is 74.9 Å². The van der Waals surface area contributed by atoms with Crippen molar-refractivity contribution in [2.75, 3.05) is 53.0 Å². The molecule has 0 amide bonds. The SMILES string of the molecule is CCCNC1CCOCC1CN(C)CC1CCCN1CC. The Bertz CT molecular complexity index is 287. The zero-order valence-corrected chi connectivity index (χ0v) is 14.3. The molecule has 3 atom stereocenters. The number of nitrogens with zero attached hydrogens (tertiary/aromatic N) is 2. The topological polar surface area (TPSA) is 27.7 Å². The highest BCUT2D eigenvalue weighted by Crippen LogP contribution is 2.20. The van der Waals surface area contributed by atoms with Crippen molar-refractivity contribution in [2.24, 2.45) is 5.92 Å². The molecule has 2 aliphatic heterocycles. The van der Waals surface area contributed by atoms with Crippen LogP contribution in [0.15, 0.2) is 0 Å². The number of likely N-dealkylation sites (N-methyl/N-ethyl adjacent to an activating group) is 2. The van der Waals surface area contributed by atoms with Crippen LogP contribution in [0.25, 0.3) is 0 Å². The molecule has 2 rings (SSSR count). The minimum Gasteiger partial charge on any atom is -0.381 e. The van der Waals surface area contributed by atoms with Crippen molar-refractivity contribution >= 4 is 0 Å². The molecule has 0 aromatic heterocycles. The van der Waals surface area contributed by atoms with Gasteiger partial charge in [-0.3, -0.25) is 4.90 Å². The van der Waals surface area contributed by atoms with Gasteiger partial charge < -0.3 is 15.0 Å². The zero-order valence-electron chi connectivity index (χ0n) is 14.3. The first kappa shape index (κ1) is 17.2. The molecule has 0 aromatic rings. The highest BCUT2D eigenvalue weighted by Gasteiger charge is 2.28. The van der Waals surface area contributed by atoms with Crippen LogP contribution in [0.5, 0.6) is 0 Å². The van der Waals surface area contributed by atoms with Crippen molar-refractivity contribution in [1.82, 2.24) is 15.1 Å². The zero-order chi connectivity index (χ0) is 15.1. The Kier molecular flexibility index (Phi) is 7.44. The van der Waals surface area contributed by atoms with Crippen molar-refractivity contribution in [1.29, 1.82) is 0 Å². The molecule has 0 bridgehead atoms. The lowest BCUT2D eigenvalue weighted by Crippen LogP contribution is -2.49. The fourth-order valence-corrected chi connectivity index (χ4v) is 3.93. The van der Waals surface area contributed by atoms with E-state index >= 15 is 0 Å². The highest BCUT2D eigenvalue weighted by molar-refractivity contribution is 4.85. The van der Waals surface area contributed by atoms with Gasteiger partial charge in [0.25, 0.3) is 0 Å². The van der Waals surface area contributed by atoms with Crippen LogP contribution in [0.1, 0.15) is 39.5 Å². The summed E-state index contributed by atoms with van der Waals surface area (Å²) in [5, 5.41) is 3.72. The average Bonchev–Trinajstić information content (AvgIpc) is 2.93. The van der Waals surface area contributed by atoms with E-state index in [9.17, 15) is 0 Å². The molecule has 2 saturated heterocycles. The van der Waals surface area contributed by atoms with Crippen LogP contribution in [-0.2, 0) is 4.74 Å². The highest BCUT2D eigenvalue weighted by atomic mass is 16.5. The minimum absolute atomic E-state index is 0.645. The van der Waals surface area contributed by atoms with Gasteiger partial charge in [-0.05, 0) is 52.4 Å². The summed E-state index contributed by atoms with van der Waals surface area (Å²) in [6.07, 6.45) is 5.13. The Hall–Kier alpha value is -0.160. The van der Waals surface area contributed by atoms with Gasteiger partial charge in [-0.25, -0.2) is 0 Å². The van der Waals surface area contributed by atoms with Gasteiger partial charge in [0.05, 0.1) is 6.61 Å². The Morgan fingerprint density at radius 1 is 1.24 bits per heavy atom. The van der Waals surface area contributed by atoms with Crippen molar-refractivity contribution in [3.8, 4) is 0 Å². The summed E-state index contributed by atoms with van der Waals surface area (Å²) < 4.78 is 5.73. The quantitative estimate of drug-likeness (QED) is 0.739. The van der Waals surface area contributed by atoms with Crippen LogP contribution in [0, 0.1) is 5.92 Å². The first-order chi connectivity index (χ1) is 10.2. The molecule has 4 nitrogen and oxygen atoms in total. The summed E-state index contributed by atoms with van der Waals surface area (Å²) in [6.45, 7) is 12.4. The summed E-state index contributed by atoms with van der Waals surface area (Å²) in [5.41, 5.74) is 0. The van der Waals surface area contributed by atoms with Crippen LogP contribution in [0.4, 0.5) is 0 Å². The van der Waals surface area contributed by atoms with Crippen molar-refractivity contribution in [3.05, 3.63) is 0 Å². The molecule has 0 aliphatic carbocycles. The third-order valence-electron chi connectivity index (χ3n) is 5.10. The molecular weight excluding hydrogens is 262 g/mol. The van der Waals surface area contributed by atoms with Gasteiger partial charge in [0.1, 0.15) is 0 Å². The molecular formula is C17H35N3O. The van der Waals surface area contributed by atoms with Crippen LogP contribution in [0.3, 0.4) is 0 Å². The lowest BCUT2D eigenvalue weighted by atomic mass is 9.95. The number of hydrogen-bond donors (Lipinski definition) is 1. The summed E-state index contributed by atoms with van der Waals surface area (Å²) in [7, 11) is 2.29. The van der Waals surface area contributed by atoms with E-state index < -0.39 is 0 Å². The van der Waals surface area contributed by atoms with Crippen LogP contribution < -0.4 is 5.32 Å². The minimum atomic E-state index is 0.645. The van der Waals surface area contributed by atoms with E-state index in [1.807, 2.05) is 0 Å². The first-order valence-electron chi connectivity index (χ1n) is 8.98. The van der Waals surface area contributed by atoms with Gasteiger partial charge >= 0.3 is 0 Å². The fourth-order valence-electron chi connectivity index (χ4n) is 3.93. The van der Waals surface area contributed by atoms with Crippen molar-refractivity contribution in [3.63, 3.8) is 0 Å².